The second kappa shape index (κ2) is 5.05. The molecule has 2 aromatic rings. The molecule has 0 atom stereocenters. The second-order valence-electron chi connectivity index (χ2n) is 3.47. The number of halogens is 1. The van der Waals surface area contributed by atoms with E-state index in [1.54, 1.807) is 24.5 Å². The predicted molar refractivity (Wildman–Crippen MR) is 67.1 cm³/mol. The van der Waals surface area contributed by atoms with E-state index in [4.69, 9.17) is 9.52 Å². The quantitative estimate of drug-likeness (QED) is 0.908. The summed E-state index contributed by atoms with van der Waals surface area (Å²) in [5, 5.41) is 12.0. The first-order valence-electron chi connectivity index (χ1n) is 4.95. The number of furan rings is 1. The van der Waals surface area contributed by atoms with Gasteiger partial charge in [0.05, 0.1) is 18.4 Å². The fourth-order valence-corrected chi connectivity index (χ4v) is 1.91. The minimum absolute atomic E-state index is 0.237. The molecular formula is C12H10BrNO3. The molecule has 0 bridgehead atoms. The van der Waals surface area contributed by atoms with Gasteiger partial charge in [-0.25, -0.2) is 4.79 Å². The second-order valence-corrected chi connectivity index (χ2v) is 4.38. The zero-order valence-electron chi connectivity index (χ0n) is 8.81. The Labute approximate surface area is 106 Å². The Morgan fingerprint density at radius 2 is 2.24 bits per heavy atom. The highest BCUT2D eigenvalue weighted by atomic mass is 79.9. The largest absolute Gasteiger partial charge is 0.478 e. The molecule has 5 heteroatoms. The topological polar surface area (TPSA) is 62.5 Å². The Morgan fingerprint density at radius 1 is 1.41 bits per heavy atom. The van der Waals surface area contributed by atoms with Crippen LogP contribution in [0.1, 0.15) is 16.1 Å². The zero-order valence-corrected chi connectivity index (χ0v) is 10.4. The van der Waals surface area contributed by atoms with Gasteiger partial charge in [0.15, 0.2) is 0 Å². The molecule has 0 unspecified atom stereocenters. The number of hydrogen-bond acceptors (Lipinski definition) is 3. The van der Waals surface area contributed by atoms with Gasteiger partial charge in [-0.15, -0.1) is 0 Å². The minimum Gasteiger partial charge on any atom is -0.478 e. The summed E-state index contributed by atoms with van der Waals surface area (Å²) < 4.78 is 5.89. The highest BCUT2D eigenvalue weighted by Crippen LogP contribution is 2.20. The predicted octanol–water partition coefficient (Wildman–Crippen LogP) is 3.35. The Morgan fingerprint density at radius 3 is 2.88 bits per heavy atom. The summed E-state index contributed by atoms with van der Waals surface area (Å²) in [6.07, 6.45) is 1.60. The molecule has 0 amide bonds. The van der Waals surface area contributed by atoms with Crippen LogP contribution in [0.2, 0.25) is 0 Å². The summed E-state index contributed by atoms with van der Waals surface area (Å²) in [5.74, 6) is -0.158. The molecule has 88 valence electrons. The van der Waals surface area contributed by atoms with Crippen LogP contribution in [0.25, 0.3) is 0 Å². The maximum Gasteiger partial charge on any atom is 0.335 e. The number of carboxylic acids is 1. The number of hydrogen-bond donors (Lipinski definition) is 2. The van der Waals surface area contributed by atoms with Crippen LogP contribution in [-0.4, -0.2) is 11.1 Å². The smallest absolute Gasteiger partial charge is 0.335 e. The van der Waals surface area contributed by atoms with Crippen molar-refractivity contribution in [3.63, 3.8) is 0 Å². The molecular weight excluding hydrogens is 286 g/mol. The molecule has 1 aromatic carbocycles. The molecule has 1 heterocycles. The fraction of sp³-hybridized carbons (Fsp3) is 0.0833. The lowest BCUT2D eigenvalue weighted by atomic mass is 10.2. The van der Waals surface area contributed by atoms with Crippen LogP contribution in [0.4, 0.5) is 5.69 Å². The first-order chi connectivity index (χ1) is 8.15. The Hall–Kier alpha value is -1.75. The maximum atomic E-state index is 10.9. The number of rotatable bonds is 4. The van der Waals surface area contributed by atoms with Gasteiger partial charge in [-0.05, 0) is 30.3 Å². The van der Waals surface area contributed by atoms with E-state index in [-0.39, 0.29) is 5.56 Å². The van der Waals surface area contributed by atoms with Gasteiger partial charge in [0.1, 0.15) is 5.76 Å². The van der Waals surface area contributed by atoms with Crippen molar-refractivity contribution >= 4 is 27.6 Å². The molecule has 2 rings (SSSR count). The van der Waals surface area contributed by atoms with Crippen molar-refractivity contribution in [2.24, 2.45) is 0 Å². The van der Waals surface area contributed by atoms with Crippen molar-refractivity contribution in [3.8, 4) is 0 Å². The normalized spacial score (nSPS) is 10.2. The first-order valence-corrected chi connectivity index (χ1v) is 5.74. The lowest BCUT2D eigenvalue weighted by molar-refractivity contribution is 0.0697. The SMILES string of the molecule is O=C(O)c1cc(Br)cc(NCc2ccco2)c1. The molecule has 0 spiro atoms. The first kappa shape index (κ1) is 11.7. The van der Waals surface area contributed by atoms with E-state index in [0.717, 1.165) is 15.9 Å². The van der Waals surface area contributed by atoms with Crippen molar-refractivity contribution in [1.29, 1.82) is 0 Å². The summed E-state index contributed by atoms with van der Waals surface area (Å²) in [6.45, 7) is 0.516. The van der Waals surface area contributed by atoms with E-state index < -0.39 is 5.97 Å². The van der Waals surface area contributed by atoms with E-state index in [1.165, 1.54) is 0 Å². The number of carbonyl (C=O) groups is 1. The summed E-state index contributed by atoms with van der Waals surface area (Å²) in [4.78, 5) is 10.9. The Bertz CT molecular complexity index is 523. The van der Waals surface area contributed by atoms with Gasteiger partial charge in [-0.1, -0.05) is 15.9 Å². The molecule has 0 aliphatic rings. The Kier molecular flexibility index (Phi) is 3.49. The molecule has 1 aromatic heterocycles. The molecule has 4 nitrogen and oxygen atoms in total. The summed E-state index contributed by atoms with van der Waals surface area (Å²) in [6, 6.07) is 8.61. The summed E-state index contributed by atoms with van der Waals surface area (Å²) >= 11 is 3.27. The monoisotopic (exact) mass is 295 g/mol. The number of carboxylic acid groups (broad SMARTS) is 1. The van der Waals surface area contributed by atoms with E-state index in [0.29, 0.717) is 6.54 Å². The number of benzene rings is 1. The van der Waals surface area contributed by atoms with E-state index in [9.17, 15) is 4.79 Å². The highest BCUT2D eigenvalue weighted by Gasteiger charge is 2.06. The summed E-state index contributed by atoms with van der Waals surface area (Å²) in [7, 11) is 0. The van der Waals surface area contributed by atoms with Gasteiger partial charge in [0, 0.05) is 10.2 Å². The van der Waals surface area contributed by atoms with Crippen molar-refractivity contribution in [2.45, 2.75) is 6.54 Å². The number of anilines is 1. The van der Waals surface area contributed by atoms with Crippen LogP contribution in [0.3, 0.4) is 0 Å². The van der Waals surface area contributed by atoms with Crippen LogP contribution in [0.5, 0.6) is 0 Å². The third kappa shape index (κ3) is 3.10. The van der Waals surface area contributed by atoms with Crippen LogP contribution in [0, 0.1) is 0 Å². The number of aromatic carboxylic acids is 1. The summed E-state index contributed by atoms with van der Waals surface area (Å²) in [5.41, 5.74) is 0.967. The molecule has 0 fully saturated rings. The van der Waals surface area contributed by atoms with E-state index in [1.807, 2.05) is 12.1 Å². The minimum atomic E-state index is -0.952. The lowest BCUT2D eigenvalue weighted by Gasteiger charge is -2.06. The maximum absolute atomic E-state index is 10.9. The third-order valence-electron chi connectivity index (χ3n) is 2.19. The van der Waals surface area contributed by atoms with Gasteiger partial charge in [0.2, 0.25) is 0 Å². The fourth-order valence-electron chi connectivity index (χ4n) is 1.42. The standard InChI is InChI=1S/C12H10BrNO3/c13-9-4-8(12(15)16)5-10(6-9)14-7-11-2-1-3-17-11/h1-6,14H,7H2,(H,15,16). The molecule has 0 saturated heterocycles. The van der Waals surface area contributed by atoms with E-state index in [2.05, 4.69) is 21.2 Å². The van der Waals surface area contributed by atoms with Crippen molar-refractivity contribution < 1.29 is 14.3 Å². The lowest BCUT2D eigenvalue weighted by Crippen LogP contribution is -2.01. The molecule has 17 heavy (non-hydrogen) atoms. The van der Waals surface area contributed by atoms with Crippen LogP contribution >= 0.6 is 15.9 Å². The molecule has 0 saturated carbocycles. The third-order valence-corrected chi connectivity index (χ3v) is 2.65. The van der Waals surface area contributed by atoms with Crippen molar-refractivity contribution in [1.82, 2.24) is 0 Å². The average molecular weight is 296 g/mol. The Balaban J connectivity index is 2.13. The molecule has 2 N–H and O–H groups in total. The van der Waals surface area contributed by atoms with Gasteiger partial charge in [-0.3, -0.25) is 0 Å². The number of nitrogens with one attached hydrogen (secondary N) is 1. The molecule has 0 aliphatic heterocycles. The van der Waals surface area contributed by atoms with Crippen LogP contribution in [-0.2, 0) is 6.54 Å². The van der Waals surface area contributed by atoms with Crippen LogP contribution in [0.15, 0.2) is 45.5 Å². The van der Waals surface area contributed by atoms with Crippen molar-refractivity contribution in [2.75, 3.05) is 5.32 Å². The highest BCUT2D eigenvalue weighted by molar-refractivity contribution is 9.10. The van der Waals surface area contributed by atoms with Crippen LogP contribution < -0.4 is 5.32 Å². The molecule has 0 aliphatic carbocycles. The van der Waals surface area contributed by atoms with Crippen molar-refractivity contribution in [3.05, 3.63) is 52.4 Å². The zero-order chi connectivity index (χ0) is 12.3. The molecule has 0 radical (unpaired) electrons. The average Bonchev–Trinajstić information content (AvgIpc) is 2.78. The van der Waals surface area contributed by atoms with Gasteiger partial charge in [0.25, 0.3) is 0 Å². The van der Waals surface area contributed by atoms with Gasteiger partial charge < -0.3 is 14.8 Å². The van der Waals surface area contributed by atoms with Gasteiger partial charge >= 0.3 is 5.97 Å². The van der Waals surface area contributed by atoms with E-state index >= 15 is 0 Å². The van der Waals surface area contributed by atoms with Gasteiger partial charge in [-0.2, -0.15) is 0 Å².